The third-order valence-corrected chi connectivity index (χ3v) is 3.76. The molecule has 1 fully saturated rings. The number of carbonyl (C=O) groups excluding carboxylic acids is 1. The number of nitrogens with one attached hydrogen (secondary N) is 1. The molecule has 0 unspecified atom stereocenters. The summed E-state index contributed by atoms with van der Waals surface area (Å²) in [6, 6.07) is 5.32. The van der Waals surface area contributed by atoms with Gasteiger partial charge in [0, 0.05) is 23.6 Å². The van der Waals surface area contributed by atoms with Crippen LogP contribution in [0.3, 0.4) is 0 Å². The first kappa shape index (κ1) is 17.6. The monoisotopic (exact) mass is 336 g/mol. The molecule has 0 saturated carbocycles. The molecule has 1 heterocycles. The van der Waals surface area contributed by atoms with E-state index in [-0.39, 0.29) is 24.4 Å². The zero-order valence-electron chi connectivity index (χ0n) is 11.4. The van der Waals surface area contributed by atoms with Gasteiger partial charge in [0.15, 0.2) is 0 Å². The van der Waals surface area contributed by atoms with Crippen LogP contribution in [0.1, 0.15) is 24.8 Å². The lowest BCUT2D eigenvalue weighted by molar-refractivity contribution is -0.133. The van der Waals surface area contributed by atoms with Crippen LogP contribution in [0.2, 0.25) is 10.0 Å². The van der Waals surface area contributed by atoms with E-state index in [1.54, 1.807) is 11.0 Å². The van der Waals surface area contributed by atoms with Crippen LogP contribution in [0.5, 0.6) is 0 Å². The number of halogens is 3. The summed E-state index contributed by atoms with van der Waals surface area (Å²) >= 11 is 11.9. The highest BCUT2D eigenvalue weighted by molar-refractivity contribution is 6.34. The molecule has 1 aromatic rings. The van der Waals surface area contributed by atoms with Gasteiger partial charge >= 0.3 is 0 Å². The molecule has 6 heteroatoms. The topological polar surface area (TPSA) is 32.3 Å². The Bertz CT molecular complexity index is 441. The Hall–Kier alpha value is -0.480. The Morgan fingerprint density at radius 2 is 1.95 bits per heavy atom. The Labute approximate surface area is 136 Å². The molecule has 1 saturated heterocycles. The molecule has 0 bridgehead atoms. The second kappa shape index (κ2) is 8.08. The van der Waals surface area contributed by atoms with Gasteiger partial charge in [-0.1, -0.05) is 29.6 Å². The number of benzene rings is 1. The van der Waals surface area contributed by atoms with Gasteiger partial charge < -0.3 is 10.2 Å². The van der Waals surface area contributed by atoms with Crippen LogP contribution in [0.25, 0.3) is 0 Å². The van der Waals surface area contributed by atoms with Crippen molar-refractivity contribution in [3.8, 4) is 0 Å². The zero-order chi connectivity index (χ0) is 13.8. The summed E-state index contributed by atoms with van der Waals surface area (Å²) in [6.07, 6.45) is 3.18. The molecule has 0 aromatic heterocycles. The van der Waals surface area contributed by atoms with Crippen LogP contribution in [-0.2, 0) is 11.3 Å². The van der Waals surface area contributed by atoms with Crippen molar-refractivity contribution in [2.24, 2.45) is 0 Å². The summed E-state index contributed by atoms with van der Waals surface area (Å²) in [5.41, 5.74) is 0.948. The van der Waals surface area contributed by atoms with Gasteiger partial charge in [0.1, 0.15) is 0 Å². The van der Waals surface area contributed by atoms with Crippen molar-refractivity contribution in [3.63, 3.8) is 0 Å². The first-order chi connectivity index (χ1) is 9.06. The van der Waals surface area contributed by atoms with Gasteiger partial charge in [0.2, 0.25) is 5.91 Å². The molecular formula is C14H19Cl3N2O. The van der Waals surface area contributed by atoms with Crippen LogP contribution in [0.15, 0.2) is 18.2 Å². The molecule has 1 aromatic carbocycles. The minimum Gasteiger partial charge on any atom is -0.340 e. The lowest BCUT2D eigenvalue weighted by atomic mass is 10.0. The fraction of sp³-hybridized carbons (Fsp3) is 0.500. The van der Waals surface area contributed by atoms with Gasteiger partial charge in [-0.05, 0) is 43.1 Å². The van der Waals surface area contributed by atoms with Crippen molar-refractivity contribution in [1.29, 1.82) is 0 Å². The van der Waals surface area contributed by atoms with Crippen molar-refractivity contribution in [1.82, 2.24) is 10.2 Å². The maximum Gasteiger partial charge on any atom is 0.239 e. The fourth-order valence-corrected chi connectivity index (χ4v) is 2.95. The minimum absolute atomic E-state index is 0. The van der Waals surface area contributed by atoms with E-state index >= 15 is 0 Å². The van der Waals surface area contributed by atoms with Crippen molar-refractivity contribution < 1.29 is 4.79 Å². The van der Waals surface area contributed by atoms with Gasteiger partial charge in [-0.15, -0.1) is 12.4 Å². The number of carbonyl (C=O) groups is 1. The van der Waals surface area contributed by atoms with Crippen molar-refractivity contribution in [2.45, 2.75) is 31.8 Å². The first-order valence-corrected chi connectivity index (χ1v) is 7.25. The summed E-state index contributed by atoms with van der Waals surface area (Å²) in [5.74, 6) is 0.135. The molecule has 20 heavy (non-hydrogen) atoms. The van der Waals surface area contributed by atoms with E-state index < -0.39 is 0 Å². The maximum atomic E-state index is 12.3. The highest BCUT2D eigenvalue weighted by Gasteiger charge is 2.23. The third-order valence-electron chi connectivity index (χ3n) is 3.33. The maximum absolute atomic E-state index is 12.3. The van der Waals surface area contributed by atoms with Crippen LogP contribution < -0.4 is 5.32 Å². The van der Waals surface area contributed by atoms with Gasteiger partial charge in [-0.25, -0.2) is 0 Å². The number of piperidine rings is 1. The SMILES string of the molecule is CN(Cc1cc(Cl)cc(Cl)c1)C(=O)[C@H]1CCCCN1.Cl. The molecule has 0 aliphatic carbocycles. The predicted octanol–water partition coefficient (Wildman–Crippen LogP) is 3.52. The second-order valence-electron chi connectivity index (χ2n) is 4.97. The van der Waals surface area contributed by atoms with Gasteiger partial charge in [0.05, 0.1) is 6.04 Å². The molecule has 0 radical (unpaired) electrons. The number of nitrogens with zero attached hydrogens (tertiary/aromatic N) is 1. The first-order valence-electron chi connectivity index (χ1n) is 6.49. The van der Waals surface area contributed by atoms with Crippen molar-refractivity contribution in [2.75, 3.05) is 13.6 Å². The summed E-state index contributed by atoms with van der Waals surface area (Å²) < 4.78 is 0. The van der Waals surface area contributed by atoms with Crippen LogP contribution in [0.4, 0.5) is 0 Å². The molecule has 3 nitrogen and oxygen atoms in total. The molecular weight excluding hydrogens is 319 g/mol. The largest absolute Gasteiger partial charge is 0.340 e. The summed E-state index contributed by atoms with van der Waals surface area (Å²) in [5, 5.41) is 4.46. The van der Waals surface area contributed by atoms with E-state index in [1.165, 1.54) is 0 Å². The lowest BCUT2D eigenvalue weighted by Gasteiger charge is -2.27. The van der Waals surface area contributed by atoms with E-state index in [0.717, 1.165) is 31.4 Å². The van der Waals surface area contributed by atoms with Crippen molar-refractivity contribution in [3.05, 3.63) is 33.8 Å². The number of hydrogen-bond donors (Lipinski definition) is 1. The molecule has 1 N–H and O–H groups in total. The van der Waals surface area contributed by atoms with E-state index in [9.17, 15) is 4.79 Å². The van der Waals surface area contributed by atoms with Gasteiger partial charge in [0.25, 0.3) is 0 Å². The lowest BCUT2D eigenvalue weighted by Crippen LogP contribution is -2.46. The number of rotatable bonds is 3. The third kappa shape index (κ3) is 4.81. The summed E-state index contributed by atoms with van der Waals surface area (Å²) in [6.45, 7) is 1.45. The molecule has 112 valence electrons. The predicted molar refractivity (Wildman–Crippen MR) is 85.8 cm³/mol. The Balaban J connectivity index is 0.00000200. The average molecular weight is 338 g/mol. The number of likely N-dealkylation sites (N-methyl/N-ethyl adjacent to an activating group) is 1. The highest BCUT2D eigenvalue weighted by atomic mass is 35.5. The summed E-state index contributed by atoms with van der Waals surface area (Å²) in [7, 11) is 1.81. The van der Waals surface area contributed by atoms with Gasteiger partial charge in [-0.2, -0.15) is 0 Å². The van der Waals surface area contributed by atoms with Gasteiger partial charge in [-0.3, -0.25) is 4.79 Å². The van der Waals surface area contributed by atoms with E-state index in [2.05, 4.69) is 5.32 Å². The van der Waals surface area contributed by atoms with Crippen molar-refractivity contribution >= 4 is 41.5 Å². The highest BCUT2D eigenvalue weighted by Crippen LogP contribution is 2.20. The number of amides is 1. The Kier molecular flexibility index (Phi) is 7.10. The van der Waals surface area contributed by atoms with E-state index in [1.807, 2.05) is 19.2 Å². The molecule has 1 atom stereocenters. The molecule has 1 amide bonds. The zero-order valence-corrected chi connectivity index (χ0v) is 13.7. The molecule has 2 rings (SSSR count). The van der Waals surface area contributed by atoms with Crippen LogP contribution >= 0.6 is 35.6 Å². The molecule has 1 aliphatic heterocycles. The number of hydrogen-bond acceptors (Lipinski definition) is 2. The van der Waals surface area contributed by atoms with Crippen LogP contribution in [-0.4, -0.2) is 30.4 Å². The normalized spacial score (nSPS) is 18.2. The Morgan fingerprint density at radius 1 is 1.30 bits per heavy atom. The van der Waals surface area contributed by atoms with Crippen LogP contribution in [0, 0.1) is 0 Å². The smallest absolute Gasteiger partial charge is 0.239 e. The fourth-order valence-electron chi connectivity index (χ4n) is 2.38. The average Bonchev–Trinajstić information content (AvgIpc) is 2.37. The quantitative estimate of drug-likeness (QED) is 0.915. The minimum atomic E-state index is -0.0478. The van der Waals surface area contributed by atoms with E-state index in [0.29, 0.717) is 16.6 Å². The molecule has 1 aliphatic rings. The summed E-state index contributed by atoms with van der Waals surface area (Å²) in [4.78, 5) is 14.0. The molecule has 0 spiro atoms. The second-order valence-corrected chi connectivity index (χ2v) is 5.85. The Morgan fingerprint density at radius 3 is 2.50 bits per heavy atom. The van der Waals surface area contributed by atoms with E-state index in [4.69, 9.17) is 23.2 Å². The standard InChI is InChI=1S/C14H18Cl2N2O.ClH/c1-18(14(19)13-4-2-3-5-17-13)9-10-6-11(15)8-12(16)7-10;/h6-8,13,17H,2-5,9H2,1H3;1H/t13-;/m1./s1.